The Bertz CT molecular complexity index is 149. The largest absolute Gasteiger partial charge is 0.176 e. The zero-order chi connectivity index (χ0) is 11.0. The van der Waals surface area contributed by atoms with Crippen LogP contribution in [0.25, 0.3) is 0 Å². The van der Waals surface area contributed by atoms with E-state index in [0.717, 1.165) is 12.3 Å². The second-order valence-electron chi connectivity index (χ2n) is 4.38. The molecule has 0 aromatic carbocycles. The summed E-state index contributed by atoms with van der Waals surface area (Å²) in [6, 6.07) is 0. The van der Waals surface area contributed by atoms with Gasteiger partial charge in [0.2, 0.25) is 0 Å². The van der Waals surface area contributed by atoms with Gasteiger partial charge in [0.1, 0.15) is 0 Å². The van der Waals surface area contributed by atoms with E-state index in [2.05, 4.69) is 40.0 Å². The Hall–Kier alpha value is 0.0900. The Labute approximate surface area is 95.6 Å². The molecule has 0 amide bonds. The molecule has 0 aliphatic rings. The van der Waals surface area contributed by atoms with Gasteiger partial charge in [-0.15, -0.1) is 0 Å². The Kier molecular flexibility index (Phi) is 8.46. The third-order valence-corrected chi connectivity index (χ3v) is 2.99. The van der Waals surface area contributed by atoms with Crippen LogP contribution in [0.4, 0.5) is 0 Å². The smallest absolute Gasteiger partial charge is 0.000895 e. The summed E-state index contributed by atoms with van der Waals surface area (Å²) < 4.78 is 0. The van der Waals surface area contributed by atoms with E-state index in [1.54, 1.807) is 0 Å². The van der Waals surface area contributed by atoms with E-state index in [-0.39, 0.29) is 0 Å². The van der Waals surface area contributed by atoms with Gasteiger partial charge in [-0.2, -0.15) is 12.6 Å². The van der Waals surface area contributed by atoms with Gasteiger partial charge in [-0.3, -0.25) is 0 Å². The summed E-state index contributed by atoms with van der Waals surface area (Å²) in [5.41, 5.74) is 1.40. The van der Waals surface area contributed by atoms with Crippen LogP contribution in [-0.2, 0) is 0 Å². The van der Waals surface area contributed by atoms with Crippen LogP contribution >= 0.6 is 12.6 Å². The van der Waals surface area contributed by atoms with Gasteiger partial charge in [-0.05, 0) is 36.9 Å². The van der Waals surface area contributed by atoms with Gasteiger partial charge >= 0.3 is 0 Å². The third kappa shape index (κ3) is 7.49. The minimum atomic E-state index is 0.543. The first-order valence-corrected chi connectivity index (χ1v) is 6.46. The minimum absolute atomic E-state index is 0.543. The molecule has 0 saturated carbocycles. The van der Waals surface area contributed by atoms with Gasteiger partial charge in [-0.25, -0.2) is 0 Å². The van der Waals surface area contributed by atoms with Gasteiger partial charge in [0.25, 0.3) is 0 Å². The third-order valence-electron chi connectivity index (χ3n) is 2.78. The van der Waals surface area contributed by atoms with Crippen LogP contribution in [0, 0.1) is 5.92 Å². The van der Waals surface area contributed by atoms with E-state index in [1.807, 2.05) is 0 Å². The number of thiol groups is 1. The molecule has 0 fully saturated rings. The first-order chi connectivity index (χ1) is 6.60. The van der Waals surface area contributed by atoms with E-state index >= 15 is 0 Å². The lowest BCUT2D eigenvalue weighted by Crippen LogP contribution is -2.06. The van der Waals surface area contributed by atoms with E-state index in [4.69, 9.17) is 0 Å². The van der Waals surface area contributed by atoms with Crippen molar-refractivity contribution in [2.45, 2.75) is 64.5 Å². The zero-order valence-electron chi connectivity index (χ0n) is 10.1. The van der Waals surface area contributed by atoms with Crippen molar-refractivity contribution < 1.29 is 0 Å². The lowest BCUT2D eigenvalue weighted by molar-refractivity contribution is 0.415. The van der Waals surface area contributed by atoms with Crippen molar-refractivity contribution in [2.75, 3.05) is 0 Å². The maximum atomic E-state index is 4.48. The summed E-state index contributed by atoms with van der Waals surface area (Å²) >= 11 is 4.48. The number of hydrogen-bond acceptors (Lipinski definition) is 1. The Morgan fingerprint density at radius 3 is 2.36 bits per heavy atom. The summed E-state index contributed by atoms with van der Waals surface area (Å²) in [6.07, 6.45) is 7.56. The van der Waals surface area contributed by atoms with Gasteiger partial charge in [0, 0.05) is 0 Å². The average Bonchev–Trinajstić information content (AvgIpc) is 2.13. The predicted molar refractivity (Wildman–Crippen MR) is 70.1 cm³/mol. The van der Waals surface area contributed by atoms with Gasteiger partial charge in [0.15, 0.2) is 0 Å². The lowest BCUT2D eigenvalue weighted by atomic mass is 9.91. The fraction of sp³-hybridized carbons (Fsp3) is 0.846. The van der Waals surface area contributed by atoms with Crippen molar-refractivity contribution in [1.82, 2.24) is 0 Å². The summed E-state index contributed by atoms with van der Waals surface area (Å²) in [4.78, 5) is 0. The highest BCUT2D eigenvalue weighted by Gasteiger charge is 2.10. The molecule has 0 aliphatic heterocycles. The Balaban J connectivity index is 3.77. The molecule has 1 heteroatoms. The first-order valence-electron chi connectivity index (χ1n) is 5.94. The zero-order valence-corrected chi connectivity index (χ0v) is 10.9. The van der Waals surface area contributed by atoms with Crippen molar-refractivity contribution >= 4 is 12.6 Å². The van der Waals surface area contributed by atoms with Crippen LogP contribution < -0.4 is 0 Å². The summed E-state index contributed by atoms with van der Waals surface area (Å²) in [5.74, 6) is 0.857. The van der Waals surface area contributed by atoms with Crippen LogP contribution in [0.15, 0.2) is 12.2 Å². The second-order valence-corrected chi connectivity index (χ2v) is 5.26. The molecule has 2 unspecified atom stereocenters. The summed E-state index contributed by atoms with van der Waals surface area (Å²) in [5, 5.41) is 0.543. The molecular weight excluding hydrogens is 188 g/mol. The molecule has 0 N–H and O–H groups in total. The molecule has 2 atom stereocenters. The highest BCUT2D eigenvalue weighted by molar-refractivity contribution is 7.80. The van der Waals surface area contributed by atoms with E-state index in [9.17, 15) is 0 Å². The highest BCUT2D eigenvalue weighted by atomic mass is 32.1. The highest BCUT2D eigenvalue weighted by Crippen LogP contribution is 2.23. The Morgan fingerprint density at radius 2 is 1.93 bits per heavy atom. The van der Waals surface area contributed by atoms with Crippen molar-refractivity contribution in [2.24, 2.45) is 5.92 Å². The molecule has 0 spiro atoms. The van der Waals surface area contributed by atoms with Gasteiger partial charge in [-0.1, -0.05) is 45.8 Å². The van der Waals surface area contributed by atoms with E-state index in [1.165, 1.54) is 37.7 Å². The number of hydrogen-bond donors (Lipinski definition) is 1. The molecule has 0 saturated heterocycles. The van der Waals surface area contributed by atoms with Crippen LogP contribution in [0.3, 0.4) is 0 Å². The van der Waals surface area contributed by atoms with Crippen LogP contribution in [0.1, 0.15) is 59.3 Å². The second kappa shape index (κ2) is 8.40. The fourth-order valence-electron chi connectivity index (χ4n) is 1.86. The van der Waals surface area contributed by atoms with Crippen LogP contribution in [0.2, 0.25) is 0 Å². The molecule has 0 aromatic heterocycles. The SMILES string of the molecule is C=C(CC)CCC(CCC)CC(C)S. The predicted octanol–water partition coefficient (Wildman–Crippen LogP) is 4.86. The van der Waals surface area contributed by atoms with Crippen molar-refractivity contribution in [1.29, 1.82) is 0 Å². The first kappa shape index (κ1) is 14.1. The molecule has 0 radical (unpaired) electrons. The van der Waals surface area contributed by atoms with Crippen molar-refractivity contribution in [3.63, 3.8) is 0 Å². The molecular formula is C13H26S. The van der Waals surface area contributed by atoms with Gasteiger partial charge in [0.05, 0.1) is 0 Å². The molecule has 0 rings (SSSR count). The van der Waals surface area contributed by atoms with Crippen molar-refractivity contribution in [3.8, 4) is 0 Å². The van der Waals surface area contributed by atoms with E-state index < -0.39 is 0 Å². The Morgan fingerprint density at radius 1 is 1.29 bits per heavy atom. The monoisotopic (exact) mass is 214 g/mol. The minimum Gasteiger partial charge on any atom is -0.176 e. The number of allylic oxidation sites excluding steroid dienone is 1. The average molecular weight is 214 g/mol. The standard InChI is InChI=1S/C13H26S/c1-5-7-13(10-12(4)14)9-8-11(3)6-2/h12-14H,3,5-10H2,1-2,4H3. The van der Waals surface area contributed by atoms with Crippen LogP contribution in [-0.4, -0.2) is 5.25 Å². The molecule has 0 bridgehead atoms. The molecule has 0 aromatic rings. The van der Waals surface area contributed by atoms with Gasteiger partial charge < -0.3 is 0 Å². The maximum absolute atomic E-state index is 4.48. The quantitative estimate of drug-likeness (QED) is 0.433. The lowest BCUT2D eigenvalue weighted by Gasteiger charge is -2.18. The molecule has 0 aliphatic carbocycles. The van der Waals surface area contributed by atoms with Crippen molar-refractivity contribution in [3.05, 3.63) is 12.2 Å². The molecule has 14 heavy (non-hydrogen) atoms. The van der Waals surface area contributed by atoms with Crippen LogP contribution in [0.5, 0.6) is 0 Å². The maximum Gasteiger partial charge on any atom is -0.000895 e. The summed E-state index contributed by atoms with van der Waals surface area (Å²) in [6.45, 7) is 10.7. The fourth-order valence-corrected chi connectivity index (χ4v) is 2.15. The summed E-state index contributed by atoms with van der Waals surface area (Å²) in [7, 11) is 0. The molecule has 0 heterocycles. The molecule has 84 valence electrons. The molecule has 0 nitrogen and oxygen atoms in total. The topological polar surface area (TPSA) is 0 Å². The van der Waals surface area contributed by atoms with E-state index in [0.29, 0.717) is 5.25 Å². The number of rotatable bonds is 8. The normalized spacial score (nSPS) is 15.1.